The lowest BCUT2D eigenvalue weighted by Gasteiger charge is -2.08. The third-order valence-electron chi connectivity index (χ3n) is 4.92. The molecule has 0 bridgehead atoms. The Bertz CT molecular complexity index is 1340. The Hall–Kier alpha value is -3.85. The zero-order valence-corrected chi connectivity index (χ0v) is 19.8. The van der Waals surface area contributed by atoms with Gasteiger partial charge in [-0.2, -0.15) is 0 Å². The van der Waals surface area contributed by atoms with Gasteiger partial charge in [0.25, 0.3) is 5.91 Å². The fourth-order valence-electron chi connectivity index (χ4n) is 3.32. The normalized spacial score (nSPS) is 11.8. The monoisotopic (exact) mass is 476 g/mol. The molecule has 3 aromatic heterocycles. The third kappa shape index (κ3) is 4.89. The average molecular weight is 477 g/mol. The number of amides is 1. The molecule has 0 saturated carbocycles. The Morgan fingerprint density at radius 2 is 1.88 bits per heavy atom. The minimum absolute atomic E-state index is 0. The van der Waals surface area contributed by atoms with Gasteiger partial charge in [0.1, 0.15) is 21.6 Å². The van der Waals surface area contributed by atoms with Gasteiger partial charge in [-0.1, -0.05) is 19.9 Å². The zero-order chi connectivity index (χ0) is 24.1. The maximum atomic E-state index is 13.5. The van der Waals surface area contributed by atoms with Crippen molar-refractivity contribution in [3.8, 4) is 0 Å². The van der Waals surface area contributed by atoms with Crippen LogP contribution < -0.4 is 5.32 Å². The van der Waals surface area contributed by atoms with Gasteiger partial charge in [-0.25, -0.2) is 19.4 Å². The first-order valence-electron chi connectivity index (χ1n) is 10.8. The number of aromatic nitrogens is 4. The van der Waals surface area contributed by atoms with Crippen LogP contribution in [0, 0.1) is 5.82 Å². The van der Waals surface area contributed by atoms with Crippen molar-refractivity contribution in [1.29, 1.82) is 0 Å². The lowest BCUT2D eigenvalue weighted by molar-refractivity contribution is 0.0950. The predicted molar refractivity (Wildman–Crippen MR) is 132 cm³/mol. The van der Waals surface area contributed by atoms with E-state index < -0.39 is 0 Å². The number of hydrogen-bond acceptors (Lipinski definition) is 6. The molecule has 9 heteroatoms. The van der Waals surface area contributed by atoms with Gasteiger partial charge >= 0.3 is 0 Å². The third-order valence-corrected chi connectivity index (χ3v) is 5.92. The van der Waals surface area contributed by atoms with E-state index in [0.29, 0.717) is 28.5 Å². The molecule has 0 saturated heterocycles. The Morgan fingerprint density at radius 3 is 2.62 bits per heavy atom. The van der Waals surface area contributed by atoms with Gasteiger partial charge in [0.15, 0.2) is 0 Å². The lowest BCUT2D eigenvalue weighted by Crippen LogP contribution is -2.23. The van der Waals surface area contributed by atoms with E-state index in [1.807, 2.05) is 43.7 Å². The van der Waals surface area contributed by atoms with Gasteiger partial charge in [-0.15, -0.1) is 0 Å². The van der Waals surface area contributed by atoms with Crippen molar-refractivity contribution in [1.82, 2.24) is 24.8 Å². The van der Waals surface area contributed by atoms with Crippen molar-refractivity contribution < 1.29 is 10.6 Å². The number of nitrogens with zero attached hydrogens (tertiary/aromatic N) is 5. The molecular formula is C25H25FN6OS. The average Bonchev–Trinajstić information content (AvgIpc) is 3.14. The summed E-state index contributed by atoms with van der Waals surface area (Å²) in [5.74, 6) is -0.592. The zero-order valence-electron chi connectivity index (χ0n) is 19.0. The second-order valence-corrected chi connectivity index (χ2v) is 8.11. The first kappa shape index (κ1) is 23.3. The van der Waals surface area contributed by atoms with Crippen LogP contribution in [0.4, 0.5) is 10.1 Å². The van der Waals surface area contributed by atoms with Crippen LogP contribution in [0.15, 0.2) is 82.3 Å². The highest BCUT2D eigenvalue weighted by molar-refractivity contribution is 7.99. The van der Waals surface area contributed by atoms with Gasteiger partial charge in [-0.05, 0) is 54.2 Å². The van der Waals surface area contributed by atoms with Crippen LogP contribution in [-0.4, -0.2) is 31.1 Å². The molecule has 0 atom stereocenters. The molecule has 1 aliphatic heterocycles. The Balaban J connectivity index is 0.00000111. The van der Waals surface area contributed by atoms with E-state index in [-0.39, 0.29) is 13.2 Å². The second kappa shape index (κ2) is 10.4. The summed E-state index contributed by atoms with van der Waals surface area (Å²) in [6, 6.07) is 13.4. The number of pyridine rings is 2. The van der Waals surface area contributed by atoms with Crippen LogP contribution in [0.5, 0.6) is 0 Å². The summed E-state index contributed by atoms with van der Waals surface area (Å²) in [6.07, 6.45) is 4.92. The molecule has 5 rings (SSSR count). The quantitative estimate of drug-likeness (QED) is 0.386. The van der Waals surface area contributed by atoms with Gasteiger partial charge in [0.05, 0.1) is 35.5 Å². The molecule has 1 aromatic carbocycles. The van der Waals surface area contributed by atoms with Crippen molar-refractivity contribution in [2.24, 2.45) is 12.0 Å². The number of halogens is 1. The molecule has 0 spiro atoms. The van der Waals surface area contributed by atoms with Crippen molar-refractivity contribution in [2.75, 3.05) is 0 Å². The highest BCUT2D eigenvalue weighted by Crippen LogP contribution is 2.39. The number of carbonyl (C=O) groups excluding carboxylic acids is 1. The summed E-state index contributed by atoms with van der Waals surface area (Å²) < 4.78 is 15.4. The molecule has 1 aliphatic rings. The van der Waals surface area contributed by atoms with Crippen LogP contribution in [0.1, 0.15) is 42.6 Å². The number of aliphatic imine (C=N–C) groups is 1. The summed E-state index contributed by atoms with van der Waals surface area (Å²) in [7, 11) is 1.88. The molecule has 4 aromatic rings. The number of imidazole rings is 1. The predicted octanol–water partition coefficient (Wildman–Crippen LogP) is 5.19. The number of carbonyl (C=O) groups is 1. The fraction of sp³-hybridized carbons (Fsp3) is 0.160. The van der Waals surface area contributed by atoms with E-state index >= 15 is 0 Å². The molecule has 174 valence electrons. The van der Waals surface area contributed by atoms with Crippen LogP contribution in [-0.2, 0) is 13.6 Å². The van der Waals surface area contributed by atoms with Gasteiger partial charge in [0.2, 0.25) is 0 Å². The van der Waals surface area contributed by atoms with E-state index in [1.165, 1.54) is 30.1 Å². The summed E-state index contributed by atoms with van der Waals surface area (Å²) >= 11 is 1.38. The maximum Gasteiger partial charge on any atom is 0.253 e. The SMILES string of the molecule is CC.Cn1cnc2c1C(c1ccc(F)cc1)=Nc1cc(C(=O)NCc3ccccn3)cnc1S2.[HH]. The number of benzene rings is 1. The number of aryl methyl sites for hydroxylation is 1. The highest BCUT2D eigenvalue weighted by atomic mass is 32.2. The molecule has 1 amide bonds. The van der Waals surface area contributed by atoms with E-state index in [9.17, 15) is 9.18 Å². The van der Waals surface area contributed by atoms with E-state index in [2.05, 4.69) is 20.3 Å². The highest BCUT2D eigenvalue weighted by Gasteiger charge is 2.24. The standard InChI is InChI=1S/C23H17FN6OS.C2H6.H2/c1-30-13-28-23-20(30)19(14-5-7-16(24)8-6-14)29-18-10-15(11-27-22(18)32-23)21(31)26-12-17-4-2-3-9-25-17;1-2;/h2-11,13H,12H2,1H3,(H,26,31);1-2H3;1H. The van der Waals surface area contributed by atoms with Crippen molar-refractivity contribution >= 4 is 29.1 Å². The van der Waals surface area contributed by atoms with Crippen molar-refractivity contribution in [3.63, 3.8) is 0 Å². The summed E-state index contributed by atoms with van der Waals surface area (Å²) in [4.78, 5) is 30.7. The number of nitrogens with one attached hydrogen (secondary N) is 1. The Morgan fingerprint density at radius 1 is 1.09 bits per heavy atom. The van der Waals surface area contributed by atoms with Gasteiger partial charge < -0.3 is 9.88 Å². The smallest absolute Gasteiger partial charge is 0.253 e. The summed E-state index contributed by atoms with van der Waals surface area (Å²) in [6.45, 7) is 4.31. The Kier molecular flexibility index (Phi) is 7.12. The lowest BCUT2D eigenvalue weighted by atomic mass is 10.1. The van der Waals surface area contributed by atoms with E-state index in [0.717, 1.165) is 22.0 Å². The molecule has 4 heterocycles. The Labute approximate surface area is 202 Å². The number of hydrogen-bond donors (Lipinski definition) is 1. The molecule has 0 unspecified atom stereocenters. The summed E-state index contributed by atoms with van der Waals surface area (Å²) in [5, 5.41) is 4.24. The topological polar surface area (TPSA) is 85.1 Å². The molecule has 1 N–H and O–H groups in total. The first-order valence-corrected chi connectivity index (χ1v) is 11.6. The number of fused-ring (bicyclic) bond motifs is 2. The van der Waals surface area contributed by atoms with Gasteiger partial charge in [0, 0.05) is 26.4 Å². The molecule has 0 aliphatic carbocycles. The molecule has 7 nitrogen and oxygen atoms in total. The molecular weight excluding hydrogens is 451 g/mol. The molecule has 34 heavy (non-hydrogen) atoms. The maximum absolute atomic E-state index is 13.5. The minimum Gasteiger partial charge on any atom is -0.346 e. The van der Waals surface area contributed by atoms with Crippen LogP contribution >= 0.6 is 11.8 Å². The van der Waals surface area contributed by atoms with E-state index in [4.69, 9.17) is 4.99 Å². The van der Waals surface area contributed by atoms with Crippen molar-refractivity contribution in [2.45, 2.75) is 30.4 Å². The molecule has 0 fully saturated rings. The fourth-order valence-corrected chi connectivity index (χ4v) is 4.26. The minimum atomic E-state index is -0.323. The second-order valence-electron chi connectivity index (χ2n) is 7.13. The first-order chi connectivity index (χ1) is 16.6. The van der Waals surface area contributed by atoms with E-state index in [1.54, 1.807) is 30.7 Å². The number of rotatable bonds is 4. The summed E-state index contributed by atoms with van der Waals surface area (Å²) in [5.41, 5.74) is 3.89. The largest absolute Gasteiger partial charge is 0.346 e. The van der Waals surface area contributed by atoms with Crippen LogP contribution in [0.25, 0.3) is 0 Å². The van der Waals surface area contributed by atoms with Crippen LogP contribution in [0.3, 0.4) is 0 Å². The molecule has 0 radical (unpaired) electrons. The van der Waals surface area contributed by atoms with Crippen LogP contribution in [0.2, 0.25) is 0 Å². The van der Waals surface area contributed by atoms with Crippen molar-refractivity contribution in [3.05, 3.63) is 95.6 Å². The van der Waals surface area contributed by atoms with Gasteiger partial charge in [-0.3, -0.25) is 9.78 Å².